The first-order valence-corrected chi connectivity index (χ1v) is 9.11. The zero-order chi connectivity index (χ0) is 18.1. The van der Waals surface area contributed by atoms with Crippen molar-refractivity contribution in [2.24, 2.45) is 0 Å². The van der Waals surface area contributed by atoms with Crippen LogP contribution in [0.1, 0.15) is 37.9 Å². The van der Waals surface area contributed by atoms with Crippen molar-refractivity contribution in [1.29, 1.82) is 0 Å². The Kier molecular flexibility index (Phi) is 4.55. The molecule has 0 unspecified atom stereocenters. The summed E-state index contributed by atoms with van der Waals surface area (Å²) in [6.45, 7) is 0. The SMILES string of the molecule is O=C1/C(=C/c2ccc(-c3cccnc3F)o2)NC(=S)N1C1CCCCC1. The van der Waals surface area contributed by atoms with Crippen LogP contribution in [-0.2, 0) is 4.79 Å². The van der Waals surface area contributed by atoms with Crippen molar-refractivity contribution in [3.05, 3.63) is 47.9 Å². The number of aromatic nitrogens is 1. The maximum Gasteiger partial charge on any atom is 0.276 e. The molecule has 1 aliphatic heterocycles. The van der Waals surface area contributed by atoms with Crippen LogP contribution in [0, 0.1) is 5.95 Å². The fourth-order valence-electron chi connectivity index (χ4n) is 3.51. The standard InChI is InChI=1S/C19H18FN3O2S/c20-17-14(7-4-10-21-17)16-9-8-13(25-16)11-15-18(24)23(19(26)22-15)12-5-2-1-3-6-12/h4,7-12H,1-3,5-6H2,(H,22,26)/b15-11-. The molecule has 1 saturated heterocycles. The Morgan fingerprint density at radius 3 is 2.85 bits per heavy atom. The lowest BCUT2D eigenvalue weighted by Crippen LogP contribution is -2.41. The molecule has 134 valence electrons. The number of amides is 1. The number of halogens is 1. The van der Waals surface area contributed by atoms with Gasteiger partial charge < -0.3 is 9.73 Å². The van der Waals surface area contributed by atoms with Crippen molar-refractivity contribution in [2.45, 2.75) is 38.1 Å². The Labute approximate surface area is 155 Å². The fourth-order valence-corrected chi connectivity index (χ4v) is 3.85. The topological polar surface area (TPSA) is 58.4 Å². The molecule has 7 heteroatoms. The average molecular weight is 371 g/mol. The van der Waals surface area contributed by atoms with Crippen LogP contribution >= 0.6 is 12.2 Å². The van der Waals surface area contributed by atoms with Crippen molar-refractivity contribution in [3.8, 4) is 11.3 Å². The second kappa shape index (κ2) is 6.99. The highest BCUT2D eigenvalue weighted by Crippen LogP contribution is 2.28. The molecule has 1 amide bonds. The van der Waals surface area contributed by atoms with E-state index in [1.807, 2.05) is 0 Å². The molecule has 3 heterocycles. The van der Waals surface area contributed by atoms with E-state index in [-0.39, 0.29) is 17.5 Å². The molecule has 0 bridgehead atoms. The van der Waals surface area contributed by atoms with Gasteiger partial charge >= 0.3 is 0 Å². The number of carbonyl (C=O) groups excluding carboxylic acids is 1. The molecule has 0 spiro atoms. The summed E-state index contributed by atoms with van der Waals surface area (Å²) < 4.78 is 19.4. The number of carbonyl (C=O) groups is 1. The van der Waals surface area contributed by atoms with Gasteiger partial charge in [0.1, 0.15) is 17.2 Å². The van der Waals surface area contributed by atoms with Gasteiger partial charge in [0, 0.05) is 18.3 Å². The summed E-state index contributed by atoms with van der Waals surface area (Å²) >= 11 is 5.36. The smallest absolute Gasteiger partial charge is 0.276 e. The summed E-state index contributed by atoms with van der Waals surface area (Å²) in [5.41, 5.74) is 0.662. The third-order valence-electron chi connectivity index (χ3n) is 4.79. The van der Waals surface area contributed by atoms with Crippen LogP contribution in [0.3, 0.4) is 0 Å². The molecule has 0 radical (unpaired) electrons. The predicted molar refractivity (Wildman–Crippen MR) is 99.3 cm³/mol. The first-order valence-electron chi connectivity index (χ1n) is 8.70. The first-order chi connectivity index (χ1) is 12.6. The highest BCUT2D eigenvalue weighted by molar-refractivity contribution is 7.80. The van der Waals surface area contributed by atoms with Crippen LogP contribution < -0.4 is 5.32 Å². The van der Waals surface area contributed by atoms with E-state index in [2.05, 4.69) is 10.3 Å². The number of rotatable bonds is 3. The van der Waals surface area contributed by atoms with Gasteiger partial charge in [-0.25, -0.2) is 4.98 Å². The first kappa shape index (κ1) is 16.9. The van der Waals surface area contributed by atoms with Crippen LogP contribution in [0.5, 0.6) is 0 Å². The van der Waals surface area contributed by atoms with E-state index in [0.717, 1.165) is 25.7 Å². The molecule has 2 aliphatic rings. The Morgan fingerprint density at radius 1 is 1.27 bits per heavy atom. The number of nitrogens with zero attached hydrogens (tertiary/aromatic N) is 2. The van der Waals surface area contributed by atoms with Crippen LogP contribution in [-0.4, -0.2) is 26.9 Å². The summed E-state index contributed by atoms with van der Waals surface area (Å²) in [5, 5.41) is 3.43. The van der Waals surface area contributed by atoms with Gasteiger partial charge in [-0.15, -0.1) is 0 Å². The second-order valence-corrected chi connectivity index (χ2v) is 6.89. The highest BCUT2D eigenvalue weighted by atomic mass is 32.1. The molecule has 0 atom stereocenters. The van der Waals surface area contributed by atoms with Crippen LogP contribution in [0.2, 0.25) is 0 Å². The summed E-state index contributed by atoms with van der Waals surface area (Å²) in [4.78, 5) is 18.1. The zero-order valence-electron chi connectivity index (χ0n) is 14.1. The van der Waals surface area contributed by atoms with E-state index in [1.165, 1.54) is 12.6 Å². The number of pyridine rings is 1. The van der Waals surface area contributed by atoms with Gasteiger partial charge in [-0.3, -0.25) is 9.69 Å². The molecular weight excluding hydrogens is 353 g/mol. The molecule has 5 nitrogen and oxygen atoms in total. The van der Waals surface area contributed by atoms with E-state index in [0.29, 0.717) is 22.3 Å². The summed E-state index contributed by atoms with van der Waals surface area (Å²) in [7, 11) is 0. The lowest BCUT2D eigenvalue weighted by Gasteiger charge is -2.29. The van der Waals surface area contributed by atoms with Crippen molar-refractivity contribution < 1.29 is 13.6 Å². The molecule has 26 heavy (non-hydrogen) atoms. The monoisotopic (exact) mass is 371 g/mol. The van der Waals surface area contributed by atoms with E-state index < -0.39 is 5.95 Å². The molecule has 2 aromatic heterocycles. The number of hydrogen-bond acceptors (Lipinski definition) is 4. The van der Waals surface area contributed by atoms with Gasteiger partial charge in [-0.05, 0) is 49.3 Å². The lowest BCUT2D eigenvalue weighted by molar-refractivity contribution is -0.124. The summed E-state index contributed by atoms with van der Waals surface area (Å²) in [6, 6.07) is 6.75. The number of nitrogens with one attached hydrogen (secondary N) is 1. The Bertz CT molecular complexity index is 886. The van der Waals surface area contributed by atoms with Gasteiger partial charge in [0.2, 0.25) is 5.95 Å². The highest BCUT2D eigenvalue weighted by Gasteiger charge is 2.36. The normalized spacial score (nSPS) is 20.0. The van der Waals surface area contributed by atoms with Gasteiger partial charge in [-0.1, -0.05) is 19.3 Å². The maximum absolute atomic E-state index is 13.8. The van der Waals surface area contributed by atoms with Gasteiger partial charge in [0.15, 0.2) is 5.11 Å². The maximum atomic E-state index is 13.8. The summed E-state index contributed by atoms with van der Waals surface area (Å²) in [5.74, 6) is 0.0835. The summed E-state index contributed by atoms with van der Waals surface area (Å²) in [6.07, 6.45) is 8.39. The van der Waals surface area contributed by atoms with E-state index in [4.69, 9.17) is 16.6 Å². The third-order valence-corrected chi connectivity index (χ3v) is 5.09. The van der Waals surface area contributed by atoms with E-state index in [9.17, 15) is 9.18 Å². The molecule has 1 saturated carbocycles. The minimum Gasteiger partial charge on any atom is -0.456 e. The van der Waals surface area contributed by atoms with Crippen molar-refractivity contribution in [2.75, 3.05) is 0 Å². The van der Waals surface area contributed by atoms with Crippen LogP contribution in [0.25, 0.3) is 17.4 Å². The number of thiocarbonyl (C=S) groups is 1. The molecule has 1 N–H and O–H groups in total. The van der Waals surface area contributed by atoms with E-state index >= 15 is 0 Å². The molecule has 4 rings (SSSR count). The molecular formula is C19H18FN3O2S. The van der Waals surface area contributed by atoms with Crippen LogP contribution in [0.4, 0.5) is 4.39 Å². The Hall–Kier alpha value is -2.54. The molecule has 0 aromatic carbocycles. The van der Waals surface area contributed by atoms with Crippen molar-refractivity contribution >= 4 is 29.3 Å². The predicted octanol–water partition coefficient (Wildman–Crippen LogP) is 3.87. The van der Waals surface area contributed by atoms with Gasteiger partial charge in [0.25, 0.3) is 5.91 Å². The van der Waals surface area contributed by atoms with Gasteiger partial charge in [0.05, 0.1) is 5.56 Å². The average Bonchev–Trinajstić information content (AvgIpc) is 3.21. The minimum absolute atomic E-state index is 0.132. The lowest BCUT2D eigenvalue weighted by atomic mass is 9.94. The third kappa shape index (κ3) is 3.14. The van der Waals surface area contributed by atoms with Gasteiger partial charge in [-0.2, -0.15) is 4.39 Å². The fraction of sp³-hybridized carbons (Fsp3) is 0.316. The Morgan fingerprint density at radius 2 is 2.08 bits per heavy atom. The largest absolute Gasteiger partial charge is 0.456 e. The Balaban J connectivity index is 1.56. The number of hydrogen-bond donors (Lipinski definition) is 1. The zero-order valence-corrected chi connectivity index (χ0v) is 14.9. The second-order valence-electron chi connectivity index (χ2n) is 6.50. The minimum atomic E-state index is -0.597. The van der Waals surface area contributed by atoms with Crippen molar-refractivity contribution in [3.63, 3.8) is 0 Å². The number of furan rings is 1. The quantitative estimate of drug-likeness (QED) is 0.504. The van der Waals surface area contributed by atoms with Crippen molar-refractivity contribution in [1.82, 2.24) is 15.2 Å². The van der Waals surface area contributed by atoms with E-state index in [1.54, 1.807) is 35.2 Å². The van der Waals surface area contributed by atoms with Crippen LogP contribution in [0.15, 0.2) is 40.6 Å². The molecule has 2 fully saturated rings. The molecule has 2 aromatic rings. The molecule has 1 aliphatic carbocycles.